The molecule has 0 fully saturated rings. The van der Waals surface area contributed by atoms with Crippen molar-refractivity contribution in [3.05, 3.63) is 64.4 Å². The van der Waals surface area contributed by atoms with Gasteiger partial charge in [0.25, 0.3) is 0 Å². The summed E-state index contributed by atoms with van der Waals surface area (Å²) in [7, 11) is 0. The molecule has 3 rings (SSSR count). The smallest absolute Gasteiger partial charge is 0.0939 e. The van der Waals surface area contributed by atoms with Gasteiger partial charge in [0.15, 0.2) is 0 Å². The van der Waals surface area contributed by atoms with Gasteiger partial charge in [-0.2, -0.15) is 5.06 Å². The van der Waals surface area contributed by atoms with Crippen molar-refractivity contribution in [1.82, 2.24) is 10.0 Å². The van der Waals surface area contributed by atoms with Crippen LogP contribution in [0.2, 0.25) is 5.02 Å². The molecule has 106 valence electrons. The van der Waals surface area contributed by atoms with E-state index in [0.29, 0.717) is 6.61 Å². The van der Waals surface area contributed by atoms with Crippen molar-refractivity contribution in [1.29, 1.82) is 0 Å². The Morgan fingerprint density at radius 2 is 1.95 bits per heavy atom. The normalized spacial score (nSPS) is 14.4. The predicted molar refractivity (Wildman–Crippen MR) is 81.8 cm³/mol. The van der Waals surface area contributed by atoms with Gasteiger partial charge in [0.2, 0.25) is 0 Å². The Balaban J connectivity index is 0.00000147. The van der Waals surface area contributed by atoms with Gasteiger partial charge in [-0.05, 0) is 47.4 Å². The summed E-state index contributed by atoms with van der Waals surface area (Å²) in [6, 6.07) is 10.1. The lowest BCUT2D eigenvalue weighted by molar-refractivity contribution is -0.186. The number of hydrogen-bond acceptors (Lipinski definition) is 3. The Kier molecular flexibility index (Phi) is 5.38. The van der Waals surface area contributed by atoms with Crippen LogP contribution in [0.4, 0.5) is 0 Å². The Hall–Kier alpha value is -1.13. The van der Waals surface area contributed by atoms with Crippen LogP contribution in [0.3, 0.4) is 0 Å². The van der Waals surface area contributed by atoms with Crippen molar-refractivity contribution in [3.63, 3.8) is 0 Å². The van der Waals surface area contributed by atoms with E-state index in [1.54, 1.807) is 0 Å². The second-order valence-corrected chi connectivity index (χ2v) is 5.09. The molecule has 1 aliphatic heterocycles. The summed E-state index contributed by atoms with van der Waals surface area (Å²) in [4.78, 5) is 9.76. The number of halogens is 2. The summed E-state index contributed by atoms with van der Waals surface area (Å²) >= 11 is 6.03. The SMILES string of the molecule is Cl.Clc1ccc2c(c1)CN(CCc1ccncc1)OC2. The fourth-order valence-corrected chi connectivity index (χ4v) is 2.42. The zero-order valence-electron chi connectivity index (χ0n) is 11.0. The lowest BCUT2D eigenvalue weighted by atomic mass is 10.1. The molecule has 0 N–H and O–H groups in total. The summed E-state index contributed by atoms with van der Waals surface area (Å²) in [6.45, 7) is 2.29. The van der Waals surface area contributed by atoms with E-state index in [0.717, 1.165) is 24.5 Å². The first-order chi connectivity index (χ1) is 9.31. The van der Waals surface area contributed by atoms with Crippen LogP contribution in [-0.4, -0.2) is 16.6 Å². The highest BCUT2D eigenvalue weighted by Crippen LogP contribution is 2.23. The van der Waals surface area contributed by atoms with Gasteiger partial charge in [-0.25, -0.2) is 0 Å². The first-order valence-corrected chi connectivity index (χ1v) is 6.73. The zero-order chi connectivity index (χ0) is 13.1. The second kappa shape index (κ2) is 7.04. The lowest BCUT2D eigenvalue weighted by Crippen LogP contribution is -2.30. The molecule has 0 radical (unpaired) electrons. The van der Waals surface area contributed by atoms with Gasteiger partial charge < -0.3 is 0 Å². The zero-order valence-corrected chi connectivity index (χ0v) is 12.5. The van der Waals surface area contributed by atoms with E-state index in [9.17, 15) is 0 Å². The summed E-state index contributed by atoms with van der Waals surface area (Å²) in [5.41, 5.74) is 3.76. The van der Waals surface area contributed by atoms with Crippen molar-refractivity contribution in [2.45, 2.75) is 19.6 Å². The molecule has 0 unspecified atom stereocenters. The molecule has 0 aliphatic carbocycles. The molecular weight excluding hydrogens is 295 g/mol. The molecule has 1 aromatic carbocycles. The van der Waals surface area contributed by atoms with Gasteiger partial charge >= 0.3 is 0 Å². The highest BCUT2D eigenvalue weighted by atomic mass is 35.5. The highest BCUT2D eigenvalue weighted by molar-refractivity contribution is 6.30. The van der Waals surface area contributed by atoms with Gasteiger partial charge in [-0.3, -0.25) is 9.82 Å². The number of rotatable bonds is 3. The minimum atomic E-state index is 0. The number of hydrogen-bond donors (Lipinski definition) is 0. The molecule has 1 aromatic heterocycles. The minimum Gasteiger partial charge on any atom is -0.294 e. The van der Waals surface area contributed by atoms with E-state index in [2.05, 4.69) is 4.98 Å². The molecule has 1 aliphatic rings. The van der Waals surface area contributed by atoms with E-state index in [1.807, 2.05) is 47.8 Å². The number of aromatic nitrogens is 1. The van der Waals surface area contributed by atoms with Gasteiger partial charge in [0.05, 0.1) is 6.61 Å². The monoisotopic (exact) mass is 310 g/mol. The third-order valence-corrected chi connectivity index (χ3v) is 3.55. The van der Waals surface area contributed by atoms with Crippen LogP contribution >= 0.6 is 24.0 Å². The van der Waals surface area contributed by atoms with Crippen molar-refractivity contribution < 1.29 is 4.84 Å². The maximum Gasteiger partial charge on any atom is 0.0939 e. The molecular formula is C15H16Cl2N2O. The van der Waals surface area contributed by atoms with Crippen LogP contribution in [0.15, 0.2) is 42.7 Å². The van der Waals surface area contributed by atoms with Crippen LogP contribution in [0.25, 0.3) is 0 Å². The fraction of sp³-hybridized carbons (Fsp3) is 0.267. The third kappa shape index (κ3) is 3.70. The van der Waals surface area contributed by atoms with Crippen molar-refractivity contribution in [2.75, 3.05) is 6.54 Å². The first-order valence-electron chi connectivity index (χ1n) is 6.35. The van der Waals surface area contributed by atoms with Crippen LogP contribution in [0.5, 0.6) is 0 Å². The average Bonchev–Trinajstić information content (AvgIpc) is 2.46. The largest absolute Gasteiger partial charge is 0.294 e. The molecule has 0 spiro atoms. The van der Waals surface area contributed by atoms with Gasteiger partial charge in [0.1, 0.15) is 0 Å². The Morgan fingerprint density at radius 3 is 2.75 bits per heavy atom. The standard InChI is InChI=1S/C15H15ClN2O.ClH/c16-15-2-1-13-11-19-18(10-14(13)9-15)8-5-12-3-6-17-7-4-12;/h1-4,6-7,9H,5,8,10-11H2;1H. The van der Waals surface area contributed by atoms with Gasteiger partial charge in [-0.15, -0.1) is 12.4 Å². The summed E-state index contributed by atoms with van der Waals surface area (Å²) in [5, 5.41) is 2.79. The Labute approximate surface area is 129 Å². The fourth-order valence-electron chi connectivity index (χ4n) is 2.23. The van der Waals surface area contributed by atoms with E-state index in [-0.39, 0.29) is 12.4 Å². The summed E-state index contributed by atoms with van der Waals surface area (Å²) in [6.07, 6.45) is 4.60. The van der Waals surface area contributed by atoms with Gasteiger partial charge in [0, 0.05) is 30.5 Å². The summed E-state index contributed by atoms with van der Waals surface area (Å²) in [5.74, 6) is 0. The number of fused-ring (bicyclic) bond motifs is 1. The van der Waals surface area contributed by atoms with Crippen molar-refractivity contribution in [3.8, 4) is 0 Å². The first kappa shape index (κ1) is 15.3. The van der Waals surface area contributed by atoms with E-state index in [4.69, 9.17) is 16.4 Å². The molecule has 5 heteroatoms. The quantitative estimate of drug-likeness (QED) is 0.865. The Morgan fingerprint density at radius 1 is 1.15 bits per heavy atom. The highest BCUT2D eigenvalue weighted by Gasteiger charge is 2.16. The maximum absolute atomic E-state index is 6.03. The van der Waals surface area contributed by atoms with Gasteiger partial charge in [-0.1, -0.05) is 17.7 Å². The number of pyridine rings is 1. The topological polar surface area (TPSA) is 25.4 Å². The van der Waals surface area contributed by atoms with Crippen LogP contribution in [0.1, 0.15) is 16.7 Å². The van der Waals surface area contributed by atoms with Crippen molar-refractivity contribution in [2.24, 2.45) is 0 Å². The molecule has 2 heterocycles. The summed E-state index contributed by atoms with van der Waals surface area (Å²) < 4.78 is 0. The molecule has 20 heavy (non-hydrogen) atoms. The van der Waals surface area contributed by atoms with Crippen LogP contribution in [0, 0.1) is 0 Å². The van der Waals surface area contributed by atoms with E-state index in [1.165, 1.54) is 16.7 Å². The minimum absolute atomic E-state index is 0. The van der Waals surface area contributed by atoms with E-state index < -0.39 is 0 Å². The molecule has 0 amide bonds. The van der Waals surface area contributed by atoms with Crippen LogP contribution < -0.4 is 0 Å². The average molecular weight is 311 g/mol. The molecule has 0 saturated carbocycles. The van der Waals surface area contributed by atoms with Crippen molar-refractivity contribution >= 4 is 24.0 Å². The number of nitrogens with zero attached hydrogens (tertiary/aromatic N) is 2. The van der Waals surface area contributed by atoms with E-state index >= 15 is 0 Å². The third-order valence-electron chi connectivity index (χ3n) is 3.32. The number of benzene rings is 1. The van der Waals surface area contributed by atoms with Crippen LogP contribution in [-0.2, 0) is 24.4 Å². The number of hydroxylamine groups is 2. The molecule has 0 atom stereocenters. The molecule has 3 nitrogen and oxygen atoms in total. The molecule has 0 saturated heterocycles. The molecule has 0 bridgehead atoms. The maximum atomic E-state index is 6.03. The second-order valence-electron chi connectivity index (χ2n) is 4.66. The predicted octanol–water partition coefficient (Wildman–Crippen LogP) is 3.65. The Bertz CT molecular complexity index is 563. The molecule has 2 aromatic rings. The lowest BCUT2D eigenvalue weighted by Gasteiger charge is -2.28.